The SMILES string of the molecule is N#Cc1ccn(C(=O)N2CCC(Nc3nc(OC[C@@]45CCCN4C[C@H](F)C5)nc4c(F)c(-c5ccc(F)c6sc(N)nc56)c(Cl)cc34)CC2)n1. The number of thiazole rings is 1. The Labute approximate surface area is 292 Å². The van der Waals surface area contributed by atoms with Crippen LogP contribution < -0.4 is 15.8 Å². The van der Waals surface area contributed by atoms with Crippen molar-refractivity contribution in [2.75, 3.05) is 43.8 Å². The summed E-state index contributed by atoms with van der Waals surface area (Å²) in [6, 6.07) is 6.97. The van der Waals surface area contributed by atoms with Crippen molar-refractivity contribution < 1.29 is 22.7 Å². The van der Waals surface area contributed by atoms with Crippen LogP contribution in [0, 0.1) is 23.0 Å². The molecule has 50 heavy (non-hydrogen) atoms. The normalized spacial score (nSPS) is 21.2. The number of nitrogens with two attached hydrogens (primary N) is 1. The first-order chi connectivity index (χ1) is 24.1. The third-order valence-electron chi connectivity index (χ3n) is 9.88. The van der Waals surface area contributed by atoms with Gasteiger partial charge in [-0.1, -0.05) is 22.9 Å². The van der Waals surface area contributed by atoms with Crippen molar-refractivity contribution in [3.8, 4) is 23.2 Å². The maximum atomic E-state index is 16.8. The van der Waals surface area contributed by atoms with Crippen molar-refractivity contribution in [1.29, 1.82) is 5.26 Å². The molecule has 3 aromatic heterocycles. The Morgan fingerprint density at radius 3 is 2.78 bits per heavy atom. The Morgan fingerprint density at radius 1 is 1.18 bits per heavy atom. The number of rotatable bonds is 6. The molecule has 2 atom stereocenters. The zero-order valence-electron chi connectivity index (χ0n) is 26.5. The van der Waals surface area contributed by atoms with Crippen molar-refractivity contribution in [1.82, 2.24) is 34.5 Å². The van der Waals surface area contributed by atoms with Crippen molar-refractivity contribution in [3.05, 3.63) is 52.8 Å². The number of alkyl halides is 1. The van der Waals surface area contributed by atoms with Gasteiger partial charge in [-0.2, -0.15) is 25.0 Å². The van der Waals surface area contributed by atoms with Crippen LogP contribution in [0.15, 0.2) is 30.5 Å². The molecule has 12 nitrogen and oxygen atoms in total. The molecular weight excluding hydrogens is 693 g/mol. The van der Waals surface area contributed by atoms with Gasteiger partial charge < -0.3 is 20.7 Å². The van der Waals surface area contributed by atoms with Crippen LogP contribution >= 0.6 is 22.9 Å². The molecule has 17 heteroatoms. The number of nitrogens with zero attached hydrogens (tertiary/aromatic N) is 8. The number of nitrogen functional groups attached to an aromatic ring is 1. The van der Waals surface area contributed by atoms with Gasteiger partial charge in [0.1, 0.15) is 36.0 Å². The molecule has 0 unspecified atom stereocenters. The highest BCUT2D eigenvalue weighted by Crippen LogP contribution is 2.43. The Morgan fingerprint density at radius 2 is 2.00 bits per heavy atom. The number of hydrogen-bond acceptors (Lipinski definition) is 11. The fraction of sp³-hybridized carbons (Fsp3) is 0.394. The lowest BCUT2D eigenvalue weighted by Gasteiger charge is -2.32. The summed E-state index contributed by atoms with van der Waals surface area (Å²) in [5, 5.41) is 16.9. The van der Waals surface area contributed by atoms with Crippen LogP contribution in [0.2, 0.25) is 5.02 Å². The van der Waals surface area contributed by atoms with E-state index in [0.29, 0.717) is 44.3 Å². The standard InChI is InChI=1S/C33H30ClF3N10O2S/c34-22-12-21-26(25(37)24(22)20-2-3-23(36)28-27(20)41-30(39)50-28)42-31(49-16-33-7-1-8-46(33)15-17(35)13-33)43-29(21)40-18-4-9-45(10-5-18)32(48)47-11-6-19(14-38)44-47/h2-3,6,11-12,17-18H,1,4-5,7-10,13,15-16H2,(H2,39,41)(H,40,42,43)/t17-,33+/m1/s1. The number of halogens is 4. The molecule has 3 saturated heterocycles. The summed E-state index contributed by atoms with van der Waals surface area (Å²) in [7, 11) is 0. The molecule has 3 aliphatic rings. The van der Waals surface area contributed by atoms with Crippen LogP contribution in [-0.2, 0) is 0 Å². The van der Waals surface area contributed by atoms with E-state index in [1.807, 2.05) is 6.07 Å². The second kappa shape index (κ2) is 12.6. The lowest BCUT2D eigenvalue weighted by molar-refractivity contribution is 0.107. The predicted molar refractivity (Wildman–Crippen MR) is 182 cm³/mol. The molecule has 8 rings (SSSR count). The highest BCUT2D eigenvalue weighted by atomic mass is 35.5. The number of aromatic nitrogens is 5. The van der Waals surface area contributed by atoms with Crippen molar-refractivity contribution >= 4 is 61.0 Å². The number of nitriles is 1. The predicted octanol–water partition coefficient (Wildman–Crippen LogP) is 5.99. The van der Waals surface area contributed by atoms with Gasteiger partial charge in [0.2, 0.25) is 0 Å². The fourth-order valence-corrected chi connectivity index (χ4v) is 8.54. The van der Waals surface area contributed by atoms with Gasteiger partial charge in [-0.15, -0.1) is 0 Å². The number of anilines is 2. The van der Waals surface area contributed by atoms with Gasteiger partial charge in [0.05, 0.1) is 20.8 Å². The van der Waals surface area contributed by atoms with E-state index in [2.05, 4.69) is 30.3 Å². The summed E-state index contributed by atoms with van der Waals surface area (Å²) in [4.78, 5) is 30.1. The molecule has 2 aromatic carbocycles. The van der Waals surface area contributed by atoms with E-state index in [4.69, 9.17) is 27.3 Å². The molecule has 1 amide bonds. The molecule has 3 N–H and O–H groups in total. The third kappa shape index (κ3) is 5.62. The lowest BCUT2D eigenvalue weighted by atomic mass is 9.95. The van der Waals surface area contributed by atoms with E-state index in [0.717, 1.165) is 35.4 Å². The summed E-state index contributed by atoms with van der Waals surface area (Å²) >= 11 is 7.73. The van der Waals surface area contributed by atoms with Crippen molar-refractivity contribution in [2.45, 2.75) is 49.9 Å². The quantitative estimate of drug-likeness (QED) is 0.214. The van der Waals surface area contributed by atoms with Crippen molar-refractivity contribution in [3.63, 3.8) is 0 Å². The van der Waals surface area contributed by atoms with E-state index in [1.165, 1.54) is 24.4 Å². The van der Waals surface area contributed by atoms with Gasteiger partial charge in [-0.3, -0.25) is 4.90 Å². The molecule has 6 heterocycles. The number of fused-ring (bicyclic) bond motifs is 3. The van der Waals surface area contributed by atoms with Gasteiger partial charge >= 0.3 is 12.0 Å². The summed E-state index contributed by atoms with van der Waals surface area (Å²) in [5.41, 5.74) is 5.90. The van der Waals surface area contributed by atoms with Crippen LogP contribution in [0.3, 0.4) is 0 Å². The molecule has 3 fully saturated rings. The van der Waals surface area contributed by atoms with E-state index in [9.17, 15) is 13.6 Å². The second-order valence-corrected chi connectivity index (χ2v) is 14.4. The number of benzene rings is 2. The summed E-state index contributed by atoms with van der Waals surface area (Å²) in [6.07, 6.45) is 3.59. The number of piperidine rings is 1. The first kappa shape index (κ1) is 32.5. The number of ether oxygens (including phenoxy) is 1. The molecule has 258 valence electrons. The van der Waals surface area contributed by atoms with Crippen LogP contribution in [0.25, 0.3) is 32.2 Å². The number of carbonyl (C=O) groups is 1. The van der Waals surface area contributed by atoms with Crippen LogP contribution in [0.5, 0.6) is 6.01 Å². The fourth-order valence-electron chi connectivity index (χ4n) is 7.48. The van der Waals surface area contributed by atoms with Gasteiger partial charge in [-0.25, -0.2) is 22.9 Å². The van der Waals surface area contributed by atoms with Crippen LogP contribution in [-0.4, -0.2) is 91.1 Å². The van der Waals surface area contributed by atoms with E-state index in [1.54, 1.807) is 11.0 Å². The average Bonchev–Trinajstić information content (AvgIpc) is 3.89. The minimum absolute atomic E-state index is 0.0216. The first-order valence-electron chi connectivity index (χ1n) is 16.2. The molecule has 0 bridgehead atoms. The first-order valence-corrected chi connectivity index (χ1v) is 17.4. The van der Waals surface area contributed by atoms with Gasteiger partial charge in [0.25, 0.3) is 0 Å². The largest absolute Gasteiger partial charge is 0.461 e. The van der Waals surface area contributed by atoms with Gasteiger partial charge in [-0.05, 0) is 56.5 Å². The second-order valence-electron chi connectivity index (χ2n) is 12.9. The number of likely N-dealkylation sites (tertiary alicyclic amines) is 1. The van der Waals surface area contributed by atoms with E-state index in [-0.39, 0.29) is 73.2 Å². The average molecular weight is 723 g/mol. The van der Waals surface area contributed by atoms with Gasteiger partial charge in [0.15, 0.2) is 16.6 Å². The lowest BCUT2D eigenvalue weighted by Crippen LogP contribution is -2.44. The summed E-state index contributed by atoms with van der Waals surface area (Å²) in [5.74, 6) is -1.03. The zero-order chi connectivity index (χ0) is 34.7. The van der Waals surface area contributed by atoms with Crippen LogP contribution in [0.4, 0.5) is 28.9 Å². The Hall–Kier alpha value is -4.72. The zero-order valence-corrected chi connectivity index (χ0v) is 28.1. The van der Waals surface area contributed by atoms with E-state index < -0.39 is 23.3 Å². The highest BCUT2D eigenvalue weighted by molar-refractivity contribution is 7.22. The number of hydrogen-bond donors (Lipinski definition) is 2. The molecule has 0 saturated carbocycles. The smallest absolute Gasteiger partial charge is 0.344 e. The maximum absolute atomic E-state index is 16.8. The Kier molecular flexibility index (Phi) is 8.16. The van der Waals surface area contributed by atoms with Crippen LogP contribution in [0.1, 0.15) is 37.8 Å². The number of carbonyl (C=O) groups excluding carboxylic acids is 1. The molecule has 3 aliphatic heterocycles. The molecule has 5 aromatic rings. The van der Waals surface area contributed by atoms with E-state index >= 15 is 4.39 Å². The Balaban J connectivity index is 1.14. The maximum Gasteiger partial charge on any atom is 0.344 e. The van der Waals surface area contributed by atoms with Gasteiger partial charge in [0, 0.05) is 54.8 Å². The summed E-state index contributed by atoms with van der Waals surface area (Å²) < 4.78 is 53.4. The highest BCUT2D eigenvalue weighted by Gasteiger charge is 2.49. The molecule has 0 spiro atoms. The number of nitrogens with one attached hydrogen (secondary N) is 1. The Bertz CT molecular complexity index is 2200. The molecule has 0 aliphatic carbocycles. The molecular formula is C33H30ClF3N10O2S. The number of amides is 1. The third-order valence-corrected chi connectivity index (χ3v) is 11.1. The summed E-state index contributed by atoms with van der Waals surface area (Å²) in [6.45, 7) is 2.05. The minimum Gasteiger partial charge on any atom is -0.461 e. The topological polar surface area (TPSA) is 151 Å². The minimum atomic E-state index is -0.956. The monoisotopic (exact) mass is 722 g/mol. The van der Waals surface area contributed by atoms with Crippen molar-refractivity contribution in [2.24, 2.45) is 0 Å². The molecule has 0 radical (unpaired) electrons.